The molecule has 1 aliphatic rings. The molecule has 4 rings (SSSR count). The fourth-order valence-electron chi connectivity index (χ4n) is 4.26. The number of hydrogen-bond acceptors (Lipinski definition) is 3. The molecule has 1 atom stereocenters. The third kappa shape index (κ3) is 4.31. The zero-order chi connectivity index (χ0) is 21.1. The molecule has 3 N–H and O–H groups in total. The summed E-state index contributed by atoms with van der Waals surface area (Å²) in [6.07, 6.45) is 3.12. The lowest BCUT2D eigenvalue weighted by Gasteiger charge is -2.18. The highest BCUT2D eigenvalue weighted by molar-refractivity contribution is 7.17. The number of nitrogens with one attached hydrogen (secondary N) is 1. The lowest BCUT2D eigenvalue weighted by atomic mass is 9.88. The van der Waals surface area contributed by atoms with Crippen LogP contribution in [0.4, 0.5) is 5.00 Å². The van der Waals surface area contributed by atoms with Crippen LogP contribution in [0.25, 0.3) is 0 Å². The van der Waals surface area contributed by atoms with Crippen LogP contribution < -0.4 is 11.1 Å². The Labute approximate surface area is 181 Å². The molecule has 1 aliphatic carbocycles. The number of anilines is 1. The van der Waals surface area contributed by atoms with E-state index in [0.29, 0.717) is 22.9 Å². The number of amides is 2. The van der Waals surface area contributed by atoms with Crippen LogP contribution >= 0.6 is 11.3 Å². The summed E-state index contributed by atoms with van der Waals surface area (Å²) < 4.78 is 0. The number of fused-ring (bicyclic) bond motifs is 1. The monoisotopic (exact) mass is 418 g/mol. The summed E-state index contributed by atoms with van der Waals surface area (Å²) in [4.78, 5) is 26.4. The quantitative estimate of drug-likeness (QED) is 0.582. The summed E-state index contributed by atoms with van der Waals surface area (Å²) in [7, 11) is 0. The van der Waals surface area contributed by atoms with Crippen molar-refractivity contribution >= 4 is 28.2 Å². The van der Waals surface area contributed by atoms with Gasteiger partial charge in [0, 0.05) is 17.2 Å². The largest absolute Gasteiger partial charge is 0.365 e. The molecule has 0 spiro atoms. The van der Waals surface area contributed by atoms with E-state index in [0.717, 1.165) is 36.0 Å². The van der Waals surface area contributed by atoms with Gasteiger partial charge in [0.15, 0.2) is 0 Å². The number of primary amides is 1. The first kappa shape index (κ1) is 20.4. The first-order valence-corrected chi connectivity index (χ1v) is 11.2. The van der Waals surface area contributed by atoms with E-state index in [1.54, 1.807) is 0 Å². The van der Waals surface area contributed by atoms with Crippen LogP contribution in [0.5, 0.6) is 0 Å². The van der Waals surface area contributed by atoms with E-state index in [2.05, 4.69) is 12.2 Å². The molecule has 0 unspecified atom stereocenters. The molecule has 2 aromatic carbocycles. The van der Waals surface area contributed by atoms with E-state index in [4.69, 9.17) is 5.73 Å². The molecule has 3 aromatic rings. The molecular formula is C25H26N2O2S. The van der Waals surface area contributed by atoms with Crippen molar-refractivity contribution in [2.24, 2.45) is 11.7 Å². The minimum atomic E-state index is -0.458. The van der Waals surface area contributed by atoms with Crippen molar-refractivity contribution in [2.45, 2.75) is 38.5 Å². The van der Waals surface area contributed by atoms with Crippen molar-refractivity contribution in [1.29, 1.82) is 0 Å². The Morgan fingerprint density at radius 2 is 1.67 bits per heavy atom. The summed E-state index contributed by atoms with van der Waals surface area (Å²) in [6.45, 7) is 2.22. The van der Waals surface area contributed by atoms with Crippen LogP contribution in [0.15, 0.2) is 60.7 Å². The predicted molar refractivity (Wildman–Crippen MR) is 122 cm³/mol. The Kier molecular flexibility index (Phi) is 6.00. The number of hydrogen-bond donors (Lipinski definition) is 2. The topological polar surface area (TPSA) is 72.2 Å². The fraction of sp³-hybridized carbons (Fsp3) is 0.280. The Hall–Kier alpha value is -2.92. The van der Waals surface area contributed by atoms with Gasteiger partial charge < -0.3 is 11.1 Å². The van der Waals surface area contributed by atoms with Crippen molar-refractivity contribution in [3.8, 4) is 0 Å². The fourth-order valence-corrected chi connectivity index (χ4v) is 5.69. The molecule has 0 fully saturated rings. The van der Waals surface area contributed by atoms with Crippen LogP contribution in [0.2, 0.25) is 0 Å². The van der Waals surface area contributed by atoms with Crippen molar-refractivity contribution in [2.75, 3.05) is 5.32 Å². The molecule has 0 aliphatic heterocycles. The van der Waals surface area contributed by atoms with Gasteiger partial charge in [-0.15, -0.1) is 11.3 Å². The summed E-state index contributed by atoms with van der Waals surface area (Å²) in [5, 5.41) is 3.62. The highest BCUT2D eigenvalue weighted by Crippen LogP contribution is 2.40. The number of benzene rings is 2. The summed E-state index contributed by atoms with van der Waals surface area (Å²) in [5.74, 6) is -0.0399. The molecule has 0 saturated carbocycles. The highest BCUT2D eigenvalue weighted by Gasteiger charge is 2.28. The number of carbonyl (C=O) groups is 2. The Morgan fingerprint density at radius 3 is 2.23 bits per heavy atom. The van der Waals surface area contributed by atoms with Gasteiger partial charge in [-0.1, -0.05) is 67.6 Å². The third-order valence-electron chi connectivity index (χ3n) is 5.80. The second-order valence-corrected chi connectivity index (χ2v) is 9.15. The molecule has 154 valence electrons. The number of rotatable bonds is 6. The molecule has 0 saturated heterocycles. The van der Waals surface area contributed by atoms with Gasteiger partial charge in [0.25, 0.3) is 5.91 Å². The molecule has 1 aromatic heterocycles. The Bertz CT molecular complexity index is 1000. The number of nitrogens with two attached hydrogens (primary N) is 1. The summed E-state index contributed by atoms with van der Waals surface area (Å²) >= 11 is 1.51. The molecule has 4 nitrogen and oxygen atoms in total. The van der Waals surface area contributed by atoms with Gasteiger partial charge in [-0.2, -0.15) is 0 Å². The van der Waals surface area contributed by atoms with Crippen molar-refractivity contribution in [3.05, 3.63) is 87.8 Å². The zero-order valence-corrected chi connectivity index (χ0v) is 17.9. The summed E-state index contributed by atoms with van der Waals surface area (Å²) in [6, 6.07) is 20.1. The van der Waals surface area contributed by atoms with Gasteiger partial charge in [0.1, 0.15) is 5.00 Å². The van der Waals surface area contributed by atoms with Crippen LogP contribution in [-0.4, -0.2) is 11.8 Å². The van der Waals surface area contributed by atoms with E-state index in [1.165, 1.54) is 16.2 Å². The average molecular weight is 419 g/mol. The average Bonchev–Trinajstić information content (AvgIpc) is 3.10. The standard InChI is InChI=1S/C25H26N2O2S/c1-16-12-13-19-21(14-16)30-25(23(19)24(26)29)27-22(28)15-20(17-8-4-2-5-9-17)18-10-6-3-7-11-18/h2-11,16,20H,12-15H2,1H3,(H2,26,29)(H,27,28)/t16-/m1/s1. The molecular weight excluding hydrogens is 392 g/mol. The first-order chi connectivity index (χ1) is 14.5. The second kappa shape index (κ2) is 8.84. The van der Waals surface area contributed by atoms with Crippen molar-refractivity contribution in [1.82, 2.24) is 0 Å². The summed E-state index contributed by atoms with van der Waals surface area (Å²) in [5.41, 5.74) is 9.41. The van der Waals surface area contributed by atoms with E-state index < -0.39 is 5.91 Å². The highest BCUT2D eigenvalue weighted by atomic mass is 32.1. The van der Waals surface area contributed by atoms with Gasteiger partial charge in [-0.3, -0.25) is 9.59 Å². The van der Waals surface area contributed by atoms with Crippen molar-refractivity contribution < 1.29 is 9.59 Å². The second-order valence-electron chi connectivity index (χ2n) is 8.05. The smallest absolute Gasteiger partial charge is 0.251 e. The molecule has 0 radical (unpaired) electrons. The third-order valence-corrected chi connectivity index (χ3v) is 6.97. The molecule has 2 amide bonds. The van der Waals surface area contributed by atoms with E-state index in [1.807, 2.05) is 60.7 Å². The normalized spacial score (nSPS) is 15.6. The molecule has 0 bridgehead atoms. The van der Waals surface area contributed by atoms with Gasteiger partial charge in [-0.05, 0) is 41.9 Å². The molecule has 1 heterocycles. The predicted octanol–water partition coefficient (Wildman–Crippen LogP) is 5.13. The zero-order valence-electron chi connectivity index (χ0n) is 17.1. The van der Waals surface area contributed by atoms with Crippen LogP contribution in [-0.2, 0) is 17.6 Å². The Morgan fingerprint density at radius 1 is 1.07 bits per heavy atom. The van der Waals surface area contributed by atoms with Gasteiger partial charge in [-0.25, -0.2) is 0 Å². The van der Waals surface area contributed by atoms with Crippen LogP contribution in [0.1, 0.15) is 57.6 Å². The molecule has 30 heavy (non-hydrogen) atoms. The maximum Gasteiger partial charge on any atom is 0.251 e. The van der Waals surface area contributed by atoms with E-state index in [-0.39, 0.29) is 11.8 Å². The lowest BCUT2D eigenvalue weighted by molar-refractivity contribution is -0.116. The lowest BCUT2D eigenvalue weighted by Crippen LogP contribution is -2.20. The van der Waals surface area contributed by atoms with E-state index >= 15 is 0 Å². The van der Waals surface area contributed by atoms with Gasteiger partial charge in [0.2, 0.25) is 5.91 Å². The maximum absolute atomic E-state index is 13.1. The SMILES string of the molecule is C[C@@H]1CCc2c(sc(NC(=O)CC(c3ccccc3)c3ccccc3)c2C(N)=O)C1. The number of thiophene rings is 1. The molecule has 5 heteroatoms. The van der Waals surface area contributed by atoms with E-state index in [9.17, 15) is 9.59 Å². The maximum atomic E-state index is 13.1. The first-order valence-electron chi connectivity index (χ1n) is 10.4. The minimum Gasteiger partial charge on any atom is -0.365 e. The van der Waals surface area contributed by atoms with Gasteiger partial charge >= 0.3 is 0 Å². The van der Waals surface area contributed by atoms with Gasteiger partial charge in [0.05, 0.1) is 5.56 Å². The van der Waals surface area contributed by atoms with Crippen LogP contribution in [0.3, 0.4) is 0 Å². The van der Waals surface area contributed by atoms with Crippen LogP contribution in [0, 0.1) is 5.92 Å². The number of carbonyl (C=O) groups excluding carboxylic acids is 2. The Balaban J connectivity index is 1.60. The van der Waals surface area contributed by atoms with Crippen molar-refractivity contribution in [3.63, 3.8) is 0 Å². The minimum absolute atomic E-state index is 0.0564.